The van der Waals surface area contributed by atoms with Gasteiger partial charge >= 0.3 is 6.18 Å². The van der Waals surface area contributed by atoms with Crippen LogP contribution in [0.5, 0.6) is 0 Å². The van der Waals surface area contributed by atoms with Gasteiger partial charge in [-0.1, -0.05) is 6.07 Å². The van der Waals surface area contributed by atoms with E-state index in [1.54, 1.807) is 18.3 Å². The summed E-state index contributed by atoms with van der Waals surface area (Å²) in [5.74, 6) is -0.940. The summed E-state index contributed by atoms with van der Waals surface area (Å²) >= 11 is 0. The van der Waals surface area contributed by atoms with Gasteiger partial charge in [-0.25, -0.2) is 0 Å². The van der Waals surface area contributed by atoms with Gasteiger partial charge in [0, 0.05) is 25.5 Å². The molecule has 0 aromatic carbocycles. The van der Waals surface area contributed by atoms with E-state index < -0.39 is 18.5 Å². The fourth-order valence-corrected chi connectivity index (χ4v) is 1.57. The Bertz CT molecular complexity index is 395. The van der Waals surface area contributed by atoms with Gasteiger partial charge in [0.2, 0.25) is 5.91 Å². The fraction of sp³-hybridized carbons (Fsp3) is 0.500. The number of hydrogen-bond donors (Lipinski definition) is 1. The van der Waals surface area contributed by atoms with Gasteiger partial charge in [0.15, 0.2) is 0 Å². The lowest BCUT2D eigenvalue weighted by atomic mass is 10.2. The summed E-state index contributed by atoms with van der Waals surface area (Å²) < 4.78 is 36.7. The molecule has 0 fully saturated rings. The van der Waals surface area contributed by atoms with Gasteiger partial charge in [0.05, 0.1) is 0 Å². The van der Waals surface area contributed by atoms with Crippen LogP contribution in [0.25, 0.3) is 0 Å². The smallest absolute Gasteiger partial charge is 0.338 e. The molecular weight excluding hydrogens is 259 g/mol. The summed E-state index contributed by atoms with van der Waals surface area (Å²) in [6.45, 7) is 0.645. The normalized spacial score (nSPS) is 11.4. The molecule has 7 heteroatoms. The lowest BCUT2D eigenvalue weighted by molar-refractivity contribution is -0.161. The number of halogens is 3. The van der Waals surface area contributed by atoms with E-state index in [1.165, 1.54) is 6.20 Å². The third-order valence-electron chi connectivity index (χ3n) is 2.43. The number of nitrogens with zero attached hydrogens (tertiary/aromatic N) is 2. The van der Waals surface area contributed by atoms with Crippen LogP contribution >= 0.6 is 0 Å². The van der Waals surface area contributed by atoms with Crippen LogP contribution in [0.15, 0.2) is 24.5 Å². The largest absolute Gasteiger partial charge is 0.397 e. The second-order valence-electron chi connectivity index (χ2n) is 4.11. The number of alkyl halides is 3. The van der Waals surface area contributed by atoms with Crippen molar-refractivity contribution < 1.29 is 18.0 Å². The van der Waals surface area contributed by atoms with Crippen LogP contribution in [0.3, 0.4) is 0 Å². The van der Waals surface area contributed by atoms with Gasteiger partial charge in [0.25, 0.3) is 0 Å². The highest BCUT2D eigenvalue weighted by Gasteiger charge is 2.33. The van der Waals surface area contributed by atoms with Crippen molar-refractivity contribution in [2.75, 3.05) is 13.1 Å². The minimum Gasteiger partial charge on any atom is -0.338 e. The van der Waals surface area contributed by atoms with Gasteiger partial charge in [-0.2, -0.15) is 13.2 Å². The highest BCUT2D eigenvalue weighted by molar-refractivity contribution is 5.76. The minimum atomic E-state index is -4.49. The van der Waals surface area contributed by atoms with Crippen molar-refractivity contribution >= 4 is 5.91 Å². The zero-order chi connectivity index (χ0) is 14.3. The zero-order valence-electron chi connectivity index (χ0n) is 10.4. The Balaban J connectivity index is 2.68. The van der Waals surface area contributed by atoms with Crippen molar-refractivity contribution in [1.29, 1.82) is 0 Å². The fourth-order valence-electron chi connectivity index (χ4n) is 1.57. The molecule has 0 aliphatic rings. The number of carbonyl (C=O) groups excluding carboxylic acids is 1. The molecule has 1 rings (SSSR count). The molecule has 1 aromatic heterocycles. The Hall–Kier alpha value is -1.63. The molecule has 1 aromatic rings. The maximum atomic E-state index is 12.2. The summed E-state index contributed by atoms with van der Waals surface area (Å²) in [6, 6.07) is 3.38. The van der Waals surface area contributed by atoms with E-state index in [-0.39, 0.29) is 13.1 Å². The van der Waals surface area contributed by atoms with Crippen molar-refractivity contribution in [3.63, 3.8) is 0 Å². The predicted molar refractivity (Wildman–Crippen MR) is 64.0 cm³/mol. The van der Waals surface area contributed by atoms with Crippen LogP contribution in [0.1, 0.15) is 18.4 Å². The number of amides is 1. The molecule has 1 amide bonds. The van der Waals surface area contributed by atoms with Crippen molar-refractivity contribution in [2.45, 2.75) is 25.6 Å². The van der Waals surface area contributed by atoms with Crippen molar-refractivity contribution in [3.05, 3.63) is 30.1 Å². The molecule has 0 aliphatic heterocycles. The zero-order valence-corrected chi connectivity index (χ0v) is 10.4. The number of pyridine rings is 1. The molecule has 0 saturated heterocycles. The van der Waals surface area contributed by atoms with Crippen molar-refractivity contribution in [2.24, 2.45) is 5.73 Å². The summed E-state index contributed by atoms with van der Waals surface area (Å²) in [4.78, 5) is 16.6. The average molecular weight is 275 g/mol. The van der Waals surface area contributed by atoms with Gasteiger partial charge in [-0.15, -0.1) is 0 Å². The highest BCUT2D eigenvalue weighted by atomic mass is 19.4. The van der Waals surface area contributed by atoms with E-state index in [4.69, 9.17) is 5.73 Å². The minimum absolute atomic E-state index is 0.114. The molecule has 2 N–H and O–H groups in total. The van der Waals surface area contributed by atoms with Crippen molar-refractivity contribution in [1.82, 2.24) is 9.88 Å². The van der Waals surface area contributed by atoms with Gasteiger partial charge in [0.1, 0.15) is 6.42 Å². The predicted octanol–water partition coefficient (Wildman–Crippen LogP) is 1.71. The van der Waals surface area contributed by atoms with Gasteiger partial charge < -0.3 is 10.6 Å². The number of carbonyl (C=O) groups is 1. The first-order chi connectivity index (χ1) is 8.92. The topological polar surface area (TPSA) is 59.2 Å². The highest BCUT2D eigenvalue weighted by Crippen LogP contribution is 2.21. The standard InChI is InChI=1S/C12H16F3N3O/c13-12(14,15)7-11(19)18(6-2-4-16)9-10-3-1-5-17-8-10/h1,3,5,8H,2,4,6-7,9,16H2. The van der Waals surface area contributed by atoms with Crippen LogP contribution in [-0.2, 0) is 11.3 Å². The molecule has 106 valence electrons. The summed E-state index contributed by atoms with van der Waals surface area (Å²) in [6.07, 6.45) is -2.39. The summed E-state index contributed by atoms with van der Waals surface area (Å²) in [5.41, 5.74) is 6.01. The molecule has 0 atom stereocenters. The monoisotopic (exact) mass is 275 g/mol. The second-order valence-corrected chi connectivity index (χ2v) is 4.11. The molecule has 0 radical (unpaired) electrons. The van der Waals surface area contributed by atoms with Crippen LogP contribution in [0.2, 0.25) is 0 Å². The number of nitrogens with two attached hydrogens (primary N) is 1. The Morgan fingerprint density at radius 3 is 2.68 bits per heavy atom. The first-order valence-corrected chi connectivity index (χ1v) is 5.86. The van der Waals surface area contributed by atoms with E-state index in [0.29, 0.717) is 18.5 Å². The lowest BCUT2D eigenvalue weighted by Gasteiger charge is -2.23. The van der Waals surface area contributed by atoms with Gasteiger partial charge in [-0.05, 0) is 24.6 Å². The van der Waals surface area contributed by atoms with E-state index in [0.717, 1.165) is 4.90 Å². The van der Waals surface area contributed by atoms with Crippen LogP contribution in [0, 0.1) is 0 Å². The van der Waals surface area contributed by atoms with E-state index in [1.807, 2.05) is 0 Å². The number of rotatable bonds is 6. The summed E-state index contributed by atoms with van der Waals surface area (Å²) in [7, 11) is 0. The Labute approximate surface area is 109 Å². The average Bonchev–Trinajstić information content (AvgIpc) is 2.33. The first-order valence-electron chi connectivity index (χ1n) is 5.86. The van der Waals surface area contributed by atoms with Crippen LogP contribution in [0.4, 0.5) is 13.2 Å². The van der Waals surface area contributed by atoms with Gasteiger partial charge in [-0.3, -0.25) is 9.78 Å². The molecular formula is C12H16F3N3O. The van der Waals surface area contributed by atoms with E-state index in [9.17, 15) is 18.0 Å². The van der Waals surface area contributed by atoms with Crippen molar-refractivity contribution in [3.8, 4) is 0 Å². The Morgan fingerprint density at radius 1 is 1.42 bits per heavy atom. The van der Waals surface area contributed by atoms with E-state index >= 15 is 0 Å². The Morgan fingerprint density at radius 2 is 2.16 bits per heavy atom. The van der Waals surface area contributed by atoms with E-state index in [2.05, 4.69) is 4.98 Å². The molecule has 0 saturated carbocycles. The summed E-state index contributed by atoms with van der Waals surface area (Å²) in [5, 5.41) is 0. The molecule has 0 spiro atoms. The quantitative estimate of drug-likeness (QED) is 0.859. The molecule has 0 aliphatic carbocycles. The maximum absolute atomic E-state index is 12.2. The van der Waals surface area contributed by atoms with Crippen LogP contribution < -0.4 is 5.73 Å². The number of hydrogen-bond acceptors (Lipinski definition) is 3. The molecule has 0 unspecified atom stereocenters. The molecule has 4 nitrogen and oxygen atoms in total. The third kappa shape index (κ3) is 6.19. The number of aromatic nitrogens is 1. The third-order valence-corrected chi connectivity index (χ3v) is 2.43. The Kier molecular flexibility index (Phi) is 5.75. The molecule has 0 bridgehead atoms. The maximum Gasteiger partial charge on any atom is 0.397 e. The molecule has 1 heterocycles. The molecule has 19 heavy (non-hydrogen) atoms. The van der Waals surface area contributed by atoms with Crippen LogP contribution in [-0.4, -0.2) is 35.1 Å². The first kappa shape index (κ1) is 15.4. The lowest BCUT2D eigenvalue weighted by Crippen LogP contribution is -2.35. The second kappa shape index (κ2) is 7.08. The SMILES string of the molecule is NCCCN(Cc1cccnc1)C(=O)CC(F)(F)F.